The van der Waals surface area contributed by atoms with Crippen molar-refractivity contribution < 1.29 is 14.6 Å². The molecule has 1 aliphatic rings. The fourth-order valence-electron chi connectivity index (χ4n) is 5.64. The summed E-state index contributed by atoms with van der Waals surface area (Å²) in [5, 5.41) is 25.2. The number of carbonyl (C=O) groups is 1. The Morgan fingerprint density at radius 1 is 1.15 bits per heavy atom. The summed E-state index contributed by atoms with van der Waals surface area (Å²) in [7, 11) is 3.59. The molecule has 4 aromatic rings. The van der Waals surface area contributed by atoms with Gasteiger partial charge >= 0.3 is 6.03 Å². The van der Waals surface area contributed by atoms with Crippen molar-refractivity contribution >= 4 is 11.8 Å². The zero-order valence-electron chi connectivity index (χ0n) is 22.7. The number of urea groups is 1. The van der Waals surface area contributed by atoms with Crippen LogP contribution >= 0.6 is 0 Å². The van der Waals surface area contributed by atoms with Gasteiger partial charge in [-0.3, -0.25) is 10.00 Å². The number of nitrogens with one attached hydrogen (secondary N) is 2. The molecule has 1 fully saturated rings. The third-order valence-corrected chi connectivity index (χ3v) is 7.60. The van der Waals surface area contributed by atoms with E-state index in [0.717, 1.165) is 52.9 Å². The van der Waals surface area contributed by atoms with Crippen molar-refractivity contribution in [3.8, 4) is 16.9 Å². The van der Waals surface area contributed by atoms with Crippen LogP contribution in [0.2, 0.25) is 0 Å². The van der Waals surface area contributed by atoms with Crippen LogP contribution in [0.4, 0.5) is 10.6 Å². The Labute approximate surface area is 228 Å². The normalized spacial score (nSPS) is 18.8. The van der Waals surface area contributed by atoms with E-state index in [1.165, 1.54) is 0 Å². The number of anilines is 1. The summed E-state index contributed by atoms with van der Waals surface area (Å²) in [5.41, 5.74) is 5.37. The molecule has 1 saturated carbocycles. The third-order valence-electron chi connectivity index (χ3n) is 7.60. The molecular weight excluding hydrogens is 492 g/mol. The third kappa shape index (κ3) is 5.89. The molecule has 1 aliphatic carbocycles. The van der Waals surface area contributed by atoms with Gasteiger partial charge in [0.25, 0.3) is 0 Å². The van der Waals surface area contributed by atoms with E-state index >= 15 is 0 Å². The second-order valence-corrected chi connectivity index (χ2v) is 10.3. The van der Waals surface area contributed by atoms with Crippen LogP contribution in [0.3, 0.4) is 0 Å². The van der Waals surface area contributed by atoms with Crippen LogP contribution in [-0.2, 0) is 18.4 Å². The molecule has 0 saturated heterocycles. The first kappa shape index (κ1) is 26.6. The summed E-state index contributed by atoms with van der Waals surface area (Å²) >= 11 is 0. The number of rotatable bonds is 9. The number of aliphatic hydroxyl groups excluding tert-OH is 1. The zero-order valence-corrected chi connectivity index (χ0v) is 22.7. The van der Waals surface area contributed by atoms with E-state index in [1.54, 1.807) is 22.7 Å². The number of amides is 2. The van der Waals surface area contributed by atoms with Crippen molar-refractivity contribution in [1.82, 2.24) is 24.9 Å². The average molecular weight is 529 g/mol. The van der Waals surface area contributed by atoms with Gasteiger partial charge in [-0.1, -0.05) is 42.5 Å². The van der Waals surface area contributed by atoms with E-state index in [0.29, 0.717) is 18.3 Å². The number of aryl methyl sites for hydroxylation is 1. The zero-order chi connectivity index (χ0) is 27.4. The lowest BCUT2D eigenvalue weighted by molar-refractivity contribution is 0.177. The SMILES string of the molecule is COCC[C@@H]1C[C@@H](NC(=O)Nc2c(C)c(-c3cnn(C)c3)nn2-c2ccccc2)[C@H](c2cccc(CO)c2)C1. The molecule has 204 valence electrons. The lowest BCUT2D eigenvalue weighted by atomic mass is 9.92. The molecular formula is C30H36N6O3. The highest BCUT2D eigenvalue weighted by Crippen LogP contribution is 2.40. The number of nitrogens with zero attached hydrogens (tertiary/aromatic N) is 4. The van der Waals surface area contributed by atoms with Gasteiger partial charge in [0.1, 0.15) is 11.5 Å². The van der Waals surface area contributed by atoms with Gasteiger partial charge in [-0.2, -0.15) is 10.2 Å². The lowest BCUT2D eigenvalue weighted by Crippen LogP contribution is -2.40. The fourth-order valence-corrected chi connectivity index (χ4v) is 5.64. The van der Waals surface area contributed by atoms with Gasteiger partial charge in [0.15, 0.2) is 0 Å². The molecule has 9 nitrogen and oxygen atoms in total. The number of para-hydroxylation sites is 1. The van der Waals surface area contributed by atoms with Gasteiger partial charge in [0.2, 0.25) is 0 Å². The number of ether oxygens (including phenoxy) is 1. The molecule has 5 rings (SSSR count). The molecule has 0 unspecified atom stereocenters. The predicted molar refractivity (Wildman–Crippen MR) is 151 cm³/mol. The molecule has 3 atom stereocenters. The topological polar surface area (TPSA) is 106 Å². The maximum absolute atomic E-state index is 13.5. The largest absolute Gasteiger partial charge is 0.392 e. The van der Waals surface area contributed by atoms with E-state index < -0.39 is 0 Å². The first-order valence-corrected chi connectivity index (χ1v) is 13.4. The molecule has 0 spiro atoms. The molecule has 3 N–H and O–H groups in total. The van der Waals surface area contributed by atoms with Gasteiger partial charge in [-0.05, 0) is 55.4 Å². The minimum Gasteiger partial charge on any atom is -0.392 e. The number of methoxy groups -OCH3 is 1. The fraction of sp³-hybridized carbons (Fsp3) is 0.367. The van der Waals surface area contributed by atoms with Crippen molar-refractivity contribution in [2.75, 3.05) is 19.0 Å². The number of aromatic nitrogens is 4. The van der Waals surface area contributed by atoms with Gasteiger partial charge in [0, 0.05) is 50.0 Å². The maximum atomic E-state index is 13.5. The molecule has 0 radical (unpaired) electrons. The second kappa shape index (κ2) is 11.8. The van der Waals surface area contributed by atoms with Crippen LogP contribution in [-0.4, -0.2) is 50.5 Å². The lowest BCUT2D eigenvalue weighted by Gasteiger charge is -2.22. The molecule has 2 amide bonds. The van der Waals surface area contributed by atoms with Gasteiger partial charge in [0.05, 0.1) is 18.5 Å². The monoisotopic (exact) mass is 528 g/mol. The molecule has 9 heteroatoms. The van der Waals surface area contributed by atoms with Crippen molar-refractivity contribution in [2.24, 2.45) is 13.0 Å². The maximum Gasteiger partial charge on any atom is 0.320 e. The molecule has 0 bridgehead atoms. The van der Waals surface area contributed by atoms with Gasteiger partial charge in [-0.25, -0.2) is 9.48 Å². The Bertz CT molecular complexity index is 1410. The van der Waals surface area contributed by atoms with Crippen molar-refractivity contribution in [2.45, 2.75) is 44.8 Å². The molecule has 39 heavy (non-hydrogen) atoms. The minimum atomic E-state index is -0.270. The molecule has 2 aromatic carbocycles. The minimum absolute atomic E-state index is 0.00569. The summed E-state index contributed by atoms with van der Waals surface area (Å²) in [5.74, 6) is 1.20. The summed E-state index contributed by atoms with van der Waals surface area (Å²) < 4.78 is 8.85. The van der Waals surface area contributed by atoms with Crippen LogP contribution in [0.5, 0.6) is 0 Å². The number of hydrogen-bond acceptors (Lipinski definition) is 5. The Morgan fingerprint density at radius 3 is 2.69 bits per heavy atom. The van der Waals surface area contributed by atoms with Crippen molar-refractivity contribution in [3.63, 3.8) is 0 Å². The molecule has 0 aliphatic heterocycles. The Kier molecular flexibility index (Phi) is 8.09. The second-order valence-electron chi connectivity index (χ2n) is 10.3. The number of aliphatic hydroxyl groups is 1. The van der Waals surface area contributed by atoms with Crippen molar-refractivity contribution in [1.29, 1.82) is 0 Å². The Balaban J connectivity index is 1.41. The predicted octanol–water partition coefficient (Wildman–Crippen LogP) is 4.79. The first-order chi connectivity index (χ1) is 19.0. The standard InChI is InChI=1S/C30H36N6O3/c1-20-28(24-17-31-35(2)18-24)34-36(25-10-5-4-6-11-25)29(20)33-30(38)32-27-16-21(12-13-39-3)15-26(27)23-9-7-8-22(14-23)19-37/h4-11,14,17-18,21,26-27,37H,12-13,15-16,19H2,1-3H3,(H2,32,33,38)/t21-,26-,27+/m0/s1. The highest BCUT2D eigenvalue weighted by Gasteiger charge is 2.36. The van der Waals surface area contributed by atoms with Crippen molar-refractivity contribution in [3.05, 3.63) is 83.7 Å². The van der Waals surface area contributed by atoms with Gasteiger partial charge < -0.3 is 15.2 Å². The summed E-state index contributed by atoms with van der Waals surface area (Å²) in [6, 6.07) is 17.5. The van der Waals surface area contributed by atoms with Crippen LogP contribution < -0.4 is 10.6 Å². The first-order valence-electron chi connectivity index (χ1n) is 13.4. The number of hydrogen-bond donors (Lipinski definition) is 3. The Hall–Kier alpha value is -3.95. The number of carbonyl (C=O) groups excluding carboxylic acids is 1. The molecule has 2 aromatic heterocycles. The number of benzene rings is 2. The highest BCUT2D eigenvalue weighted by atomic mass is 16.5. The van der Waals surface area contributed by atoms with Crippen LogP contribution in [0.25, 0.3) is 16.9 Å². The summed E-state index contributed by atoms with van der Waals surface area (Å²) in [4.78, 5) is 13.5. The van der Waals surface area contributed by atoms with E-state index in [2.05, 4.69) is 21.8 Å². The van der Waals surface area contributed by atoms with E-state index in [9.17, 15) is 9.90 Å². The quantitative estimate of drug-likeness (QED) is 0.290. The average Bonchev–Trinajstić information content (AvgIpc) is 3.65. The Morgan fingerprint density at radius 2 is 1.97 bits per heavy atom. The van der Waals surface area contributed by atoms with Crippen LogP contribution in [0.1, 0.15) is 41.9 Å². The van der Waals surface area contributed by atoms with E-state index in [1.807, 2.05) is 68.7 Å². The summed E-state index contributed by atoms with van der Waals surface area (Å²) in [6.07, 6.45) is 6.45. The van der Waals surface area contributed by atoms with Crippen LogP contribution in [0, 0.1) is 12.8 Å². The van der Waals surface area contributed by atoms with E-state index in [-0.39, 0.29) is 24.6 Å². The van der Waals surface area contributed by atoms with Crippen LogP contribution in [0.15, 0.2) is 67.0 Å². The van der Waals surface area contributed by atoms with Gasteiger partial charge in [-0.15, -0.1) is 0 Å². The summed E-state index contributed by atoms with van der Waals surface area (Å²) in [6.45, 7) is 2.65. The molecule has 2 heterocycles. The highest BCUT2D eigenvalue weighted by molar-refractivity contribution is 5.91. The van der Waals surface area contributed by atoms with E-state index in [4.69, 9.17) is 9.84 Å². The smallest absolute Gasteiger partial charge is 0.320 e.